The van der Waals surface area contributed by atoms with Crippen LogP contribution in [0.1, 0.15) is 19.4 Å². The lowest BCUT2D eigenvalue weighted by molar-refractivity contribution is 0.257. The van der Waals surface area contributed by atoms with Crippen molar-refractivity contribution in [1.29, 1.82) is 0 Å². The molecule has 5 nitrogen and oxygen atoms in total. The van der Waals surface area contributed by atoms with Crippen LogP contribution < -0.4 is 14.3 Å². The van der Waals surface area contributed by atoms with Crippen LogP contribution >= 0.6 is 22.7 Å². The lowest BCUT2D eigenvalue weighted by atomic mass is 10.2. The Morgan fingerprint density at radius 2 is 2.07 bits per heavy atom. The molecule has 7 heteroatoms. The number of ether oxygens (including phenoxy) is 2. The summed E-state index contributed by atoms with van der Waals surface area (Å²) in [6, 6.07) is 9.94. The highest BCUT2D eigenvalue weighted by Gasteiger charge is 2.09. The van der Waals surface area contributed by atoms with Crippen molar-refractivity contribution in [2.45, 2.75) is 13.8 Å². The quantitative estimate of drug-likeness (QED) is 0.344. The molecule has 0 fully saturated rings. The summed E-state index contributed by atoms with van der Waals surface area (Å²) in [5.74, 6) is 1.88. The maximum absolute atomic E-state index is 5.83. The standard InChI is InChI=1S/C22H25N3O2S2/c1-5-10-23-22-25(18(15-29-22)21-7-6-11-28-21)24-13-17-8-9-19(20(12-17)26-4)27-14-16(2)3/h5-9,11-13,15-16H,1,10,14H2,2-4H3. The van der Waals surface area contributed by atoms with Crippen LogP contribution in [0.3, 0.4) is 0 Å². The molecule has 1 aromatic carbocycles. The topological polar surface area (TPSA) is 48.1 Å². The Kier molecular flexibility index (Phi) is 7.43. The first-order chi connectivity index (χ1) is 14.1. The number of rotatable bonds is 9. The van der Waals surface area contributed by atoms with Gasteiger partial charge in [-0.15, -0.1) is 29.3 Å². The average molecular weight is 428 g/mol. The molecule has 0 amide bonds. The summed E-state index contributed by atoms with van der Waals surface area (Å²) in [6.07, 6.45) is 3.59. The van der Waals surface area contributed by atoms with E-state index in [0.29, 0.717) is 24.8 Å². The third kappa shape index (κ3) is 5.46. The van der Waals surface area contributed by atoms with E-state index in [0.717, 1.165) is 26.7 Å². The molecule has 29 heavy (non-hydrogen) atoms. The molecule has 2 aromatic heterocycles. The molecular formula is C22H25N3O2S2. The zero-order chi connectivity index (χ0) is 20.6. The molecule has 0 N–H and O–H groups in total. The predicted molar refractivity (Wildman–Crippen MR) is 123 cm³/mol. The summed E-state index contributed by atoms with van der Waals surface area (Å²) >= 11 is 3.24. The van der Waals surface area contributed by atoms with Gasteiger partial charge in [-0.2, -0.15) is 5.10 Å². The fraction of sp³-hybridized carbons (Fsp3) is 0.273. The van der Waals surface area contributed by atoms with Gasteiger partial charge >= 0.3 is 0 Å². The van der Waals surface area contributed by atoms with E-state index in [-0.39, 0.29) is 0 Å². The van der Waals surface area contributed by atoms with Crippen molar-refractivity contribution < 1.29 is 9.47 Å². The zero-order valence-corrected chi connectivity index (χ0v) is 18.5. The second-order valence-corrected chi connectivity index (χ2v) is 8.47. The molecule has 3 rings (SSSR count). The van der Waals surface area contributed by atoms with Gasteiger partial charge in [0.1, 0.15) is 0 Å². The predicted octanol–water partition coefficient (Wildman–Crippen LogP) is 5.29. The van der Waals surface area contributed by atoms with Gasteiger partial charge in [0.2, 0.25) is 4.80 Å². The SMILES string of the molecule is C=CCN=c1scc(-c2cccs2)n1N=Cc1ccc(OCC(C)C)c(OC)c1. The fourth-order valence-corrected chi connectivity index (χ4v) is 4.16. The number of hydrogen-bond donors (Lipinski definition) is 0. The molecule has 0 radical (unpaired) electrons. The van der Waals surface area contributed by atoms with E-state index in [9.17, 15) is 0 Å². The highest BCUT2D eigenvalue weighted by atomic mass is 32.1. The Morgan fingerprint density at radius 3 is 2.76 bits per heavy atom. The number of hydrogen-bond acceptors (Lipinski definition) is 6. The van der Waals surface area contributed by atoms with E-state index in [1.807, 2.05) is 35.2 Å². The van der Waals surface area contributed by atoms with Crippen molar-refractivity contribution >= 4 is 28.9 Å². The molecule has 0 atom stereocenters. The van der Waals surface area contributed by atoms with Crippen molar-refractivity contribution in [3.63, 3.8) is 0 Å². The van der Waals surface area contributed by atoms with E-state index in [4.69, 9.17) is 14.6 Å². The van der Waals surface area contributed by atoms with E-state index in [1.54, 1.807) is 35.9 Å². The number of thiophene rings is 1. The Hall–Kier alpha value is -2.64. The van der Waals surface area contributed by atoms with Crippen LogP contribution in [-0.2, 0) is 0 Å². The minimum absolute atomic E-state index is 0.448. The summed E-state index contributed by atoms with van der Waals surface area (Å²) in [4.78, 5) is 6.54. The molecule has 0 saturated carbocycles. The molecule has 0 aliphatic carbocycles. The van der Waals surface area contributed by atoms with Gasteiger partial charge in [0.15, 0.2) is 11.5 Å². The smallest absolute Gasteiger partial charge is 0.206 e. The van der Waals surface area contributed by atoms with Crippen LogP contribution in [0.4, 0.5) is 0 Å². The van der Waals surface area contributed by atoms with E-state index >= 15 is 0 Å². The molecule has 0 spiro atoms. The summed E-state index contributed by atoms with van der Waals surface area (Å²) in [5.41, 5.74) is 1.94. The Balaban J connectivity index is 1.93. The second kappa shape index (κ2) is 10.2. The Bertz CT molecular complexity index is 1030. The van der Waals surface area contributed by atoms with Crippen LogP contribution in [0.15, 0.2) is 63.8 Å². The molecule has 0 bridgehead atoms. The lowest BCUT2D eigenvalue weighted by Gasteiger charge is -2.12. The molecule has 0 aliphatic heterocycles. The van der Waals surface area contributed by atoms with Crippen molar-refractivity contribution in [3.8, 4) is 22.1 Å². The van der Waals surface area contributed by atoms with Gasteiger partial charge in [-0.1, -0.05) is 26.0 Å². The van der Waals surface area contributed by atoms with Crippen LogP contribution in [0.25, 0.3) is 10.6 Å². The van der Waals surface area contributed by atoms with Gasteiger partial charge in [0.05, 0.1) is 37.0 Å². The summed E-state index contributed by atoms with van der Waals surface area (Å²) < 4.78 is 13.2. The van der Waals surface area contributed by atoms with E-state index in [2.05, 4.69) is 42.2 Å². The van der Waals surface area contributed by atoms with Gasteiger partial charge in [-0.05, 0) is 41.1 Å². The normalized spacial score (nSPS) is 12.1. The van der Waals surface area contributed by atoms with Gasteiger partial charge in [0, 0.05) is 5.38 Å². The van der Waals surface area contributed by atoms with Crippen LogP contribution in [0.5, 0.6) is 11.5 Å². The first-order valence-corrected chi connectivity index (χ1v) is 11.1. The molecular weight excluding hydrogens is 402 g/mol. The number of benzene rings is 1. The maximum Gasteiger partial charge on any atom is 0.206 e. The Labute approximate surface area is 179 Å². The molecule has 3 aromatic rings. The zero-order valence-electron chi connectivity index (χ0n) is 16.9. The van der Waals surface area contributed by atoms with Crippen LogP contribution in [0, 0.1) is 5.92 Å². The Morgan fingerprint density at radius 1 is 1.21 bits per heavy atom. The monoisotopic (exact) mass is 427 g/mol. The molecule has 0 saturated heterocycles. The maximum atomic E-state index is 5.83. The minimum atomic E-state index is 0.448. The molecule has 152 valence electrons. The molecule has 0 unspecified atom stereocenters. The summed E-state index contributed by atoms with van der Waals surface area (Å²) in [6.45, 7) is 9.18. The lowest BCUT2D eigenvalue weighted by Crippen LogP contribution is -2.12. The van der Waals surface area contributed by atoms with E-state index in [1.165, 1.54) is 0 Å². The first kappa shape index (κ1) is 21.1. The molecule has 0 aliphatic rings. The van der Waals surface area contributed by atoms with Crippen molar-refractivity contribution in [2.75, 3.05) is 20.3 Å². The average Bonchev–Trinajstić information content (AvgIpc) is 3.38. The van der Waals surface area contributed by atoms with Crippen LogP contribution in [0.2, 0.25) is 0 Å². The fourth-order valence-electron chi connectivity index (χ4n) is 2.52. The van der Waals surface area contributed by atoms with Gasteiger partial charge in [0.25, 0.3) is 0 Å². The molecule has 2 heterocycles. The first-order valence-electron chi connectivity index (χ1n) is 9.33. The van der Waals surface area contributed by atoms with Gasteiger partial charge in [-0.25, -0.2) is 4.68 Å². The summed E-state index contributed by atoms with van der Waals surface area (Å²) in [5, 5.41) is 8.84. The highest BCUT2D eigenvalue weighted by Crippen LogP contribution is 2.28. The van der Waals surface area contributed by atoms with Gasteiger partial charge < -0.3 is 9.47 Å². The van der Waals surface area contributed by atoms with Crippen LogP contribution in [-0.4, -0.2) is 31.2 Å². The largest absolute Gasteiger partial charge is 0.493 e. The van der Waals surface area contributed by atoms with Crippen molar-refractivity contribution in [2.24, 2.45) is 16.0 Å². The third-order valence-corrected chi connectivity index (χ3v) is 5.64. The number of nitrogens with zero attached hydrogens (tertiary/aromatic N) is 3. The minimum Gasteiger partial charge on any atom is -0.493 e. The third-order valence-electron chi connectivity index (χ3n) is 3.90. The van der Waals surface area contributed by atoms with Gasteiger partial charge in [-0.3, -0.25) is 4.99 Å². The van der Waals surface area contributed by atoms with Crippen molar-refractivity contribution in [3.05, 3.63) is 64.1 Å². The number of methoxy groups -OCH3 is 1. The highest BCUT2D eigenvalue weighted by molar-refractivity contribution is 7.14. The van der Waals surface area contributed by atoms with E-state index < -0.39 is 0 Å². The summed E-state index contributed by atoms with van der Waals surface area (Å²) in [7, 11) is 1.65. The number of thiazole rings is 1. The van der Waals surface area contributed by atoms with Crippen molar-refractivity contribution in [1.82, 2.24) is 4.68 Å². The second-order valence-electron chi connectivity index (χ2n) is 6.68. The number of aromatic nitrogens is 1.